The van der Waals surface area contributed by atoms with E-state index in [1.54, 1.807) is 0 Å². The van der Waals surface area contributed by atoms with E-state index in [9.17, 15) is 30.6 Å². The lowest BCUT2D eigenvalue weighted by molar-refractivity contribution is -0.373. The summed E-state index contributed by atoms with van der Waals surface area (Å²) in [5.41, 5.74) is 0. The molecule has 0 aromatic heterocycles. The van der Waals surface area contributed by atoms with Crippen molar-refractivity contribution in [2.45, 2.75) is 260 Å². The van der Waals surface area contributed by atoms with Gasteiger partial charge in [-0.15, -0.1) is 0 Å². The summed E-state index contributed by atoms with van der Waals surface area (Å²) in [5, 5.41) is 64.6. The maximum Gasteiger partial charge on any atom is 0.163 e. The van der Waals surface area contributed by atoms with Gasteiger partial charge in [0.25, 0.3) is 0 Å². The Morgan fingerprint density at radius 1 is 0.263 bits per heavy atom. The quantitative estimate of drug-likeness (QED) is 0.114. The molecule has 19 nitrogen and oxygen atoms in total. The number of aliphatic hydroxyl groups is 6. The first-order valence-corrected chi connectivity index (χ1v) is 29.2. The normalized spacial score (nSPS) is 54.6. The molecule has 76 heavy (non-hydrogen) atoms. The van der Waals surface area contributed by atoms with Crippen molar-refractivity contribution < 1.29 is 92.2 Å². The maximum absolute atomic E-state index is 11.9. The highest BCUT2D eigenvalue weighted by molar-refractivity contribution is 4.97. The van der Waals surface area contributed by atoms with Gasteiger partial charge >= 0.3 is 0 Å². The zero-order chi connectivity index (χ0) is 55.9. The minimum Gasteiger partial charge on any atom is -0.394 e. The highest BCUT2D eigenvalue weighted by atomic mass is 16.8. The Morgan fingerprint density at radius 2 is 0.553 bits per heavy atom. The van der Waals surface area contributed by atoms with Gasteiger partial charge in [-0.1, -0.05) is 96.9 Å². The molecular weight excluding hydrogens is 989 g/mol. The van der Waals surface area contributed by atoms with Gasteiger partial charge in [0.2, 0.25) is 0 Å². The number of hydrogen-bond donors (Lipinski definition) is 6. The average molecular weight is 1090 g/mol. The minimum absolute atomic E-state index is 0.0139. The van der Waals surface area contributed by atoms with E-state index in [1.165, 1.54) is 0 Å². The molecule has 35 atom stereocenters. The standard InChI is InChI=1S/C57H102O19/c1-18-39-48(25(4)23(2)36(15)64-39)73-52-31(10)26(5)47(38(17)65-52)72-57-35(14)45(63)51(43(22-61)70-57)76-53-32(11)27(6)46(37(16)66-53)71-55-33(12)28(7)50(41(20-59)68-55)75-56-34(13)29(8)49(42(21-60)69-56)74-54-30(9)24(3)44(62)40(19-58)67-54/h23-63H,18-22H2,1-17H3/t23?,24-,25-,26?,27-,28-,29-,30?,31?,32?,33?,34?,35?,36+,37?,38+,39?,40?,41?,42?,43-,44-,45?,46-,47+,48-,49-,50-,51-,52-,53+,54+,55+,56+,57-/m1/s1. The lowest BCUT2D eigenvalue weighted by atomic mass is 9.80. The summed E-state index contributed by atoms with van der Waals surface area (Å²) in [5.74, 6) is -1.33. The lowest BCUT2D eigenvalue weighted by Gasteiger charge is -2.52. The molecule has 0 saturated carbocycles. The molecule has 7 heterocycles. The van der Waals surface area contributed by atoms with E-state index in [1.807, 2.05) is 69.2 Å². The van der Waals surface area contributed by atoms with Crippen LogP contribution in [0.3, 0.4) is 0 Å². The van der Waals surface area contributed by atoms with E-state index < -0.39 is 117 Å². The van der Waals surface area contributed by atoms with Crippen molar-refractivity contribution in [2.24, 2.45) is 76.9 Å². The van der Waals surface area contributed by atoms with Gasteiger partial charge in [0.1, 0.15) is 30.5 Å². The fourth-order valence-corrected chi connectivity index (χ4v) is 13.2. The Labute approximate surface area is 453 Å². The molecule has 7 saturated heterocycles. The molecule has 0 aromatic rings. The van der Waals surface area contributed by atoms with Crippen LogP contribution in [0, 0.1) is 76.9 Å². The van der Waals surface area contributed by atoms with Crippen LogP contribution in [0.25, 0.3) is 0 Å². The molecular formula is C57H102O19. The Morgan fingerprint density at radius 3 is 0.947 bits per heavy atom. The maximum atomic E-state index is 11.9. The topological polar surface area (TPSA) is 241 Å². The van der Waals surface area contributed by atoms with E-state index in [-0.39, 0.29) is 110 Å². The van der Waals surface area contributed by atoms with Gasteiger partial charge in [-0.05, 0) is 68.6 Å². The van der Waals surface area contributed by atoms with Gasteiger partial charge in [0.05, 0.1) is 93.6 Å². The number of hydrogen-bond acceptors (Lipinski definition) is 19. The van der Waals surface area contributed by atoms with Crippen molar-refractivity contribution in [3.8, 4) is 0 Å². The monoisotopic (exact) mass is 1090 g/mol. The third-order valence-electron chi connectivity index (χ3n) is 20.3. The second kappa shape index (κ2) is 26.7. The zero-order valence-corrected chi connectivity index (χ0v) is 48.7. The Hall–Kier alpha value is -0.760. The van der Waals surface area contributed by atoms with Crippen LogP contribution < -0.4 is 0 Å². The molecule has 7 rings (SSSR count). The van der Waals surface area contributed by atoms with Crippen LogP contribution in [0.2, 0.25) is 0 Å². The summed E-state index contributed by atoms with van der Waals surface area (Å²) in [6.45, 7) is 33.4. The van der Waals surface area contributed by atoms with Gasteiger partial charge in [0, 0.05) is 35.5 Å². The first-order valence-electron chi connectivity index (χ1n) is 29.2. The molecule has 7 aliphatic heterocycles. The van der Waals surface area contributed by atoms with Crippen molar-refractivity contribution in [2.75, 3.05) is 26.4 Å². The van der Waals surface area contributed by atoms with Gasteiger partial charge in [0.15, 0.2) is 37.7 Å². The van der Waals surface area contributed by atoms with Crippen LogP contribution in [-0.2, 0) is 61.6 Å². The Balaban J connectivity index is 0.925. The molecule has 19 heteroatoms. The molecule has 444 valence electrons. The summed E-state index contributed by atoms with van der Waals surface area (Å²) in [7, 11) is 0. The molecule has 14 unspecified atom stereocenters. The van der Waals surface area contributed by atoms with Crippen molar-refractivity contribution in [3.05, 3.63) is 0 Å². The largest absolute Gasteiger partial charge is 0.394 e. The molecule has 0 radical (unpaired) electrons. The second-order valence-corrected chi connectivity index (χ2v) is 24.9. The smallest absolute Gasteiger partial charge is 0.163 e. The van der Waals surface area contributed by atoms with Crippen molar-refractivity contribution >= 4 is 0 Å². The molecule has 0 aliphatic carbocycles. The van der Waals surface area contributed by atoms with Crippen LogP contribution in [0.5, 0.6) is 0 Å². The highest BCUT2D eigenvalue weighted by Crippen LogP contribution is 2.45. The summed E-state index contributed by atoms with van der Waals surface area (Å²) in [4.78, 5) is 0. The van der Waals surface area contributed by atoms with Crippen molar-refractivity contribution in [1.82, 2.24) is 0 Å². The molecule has 6 N–H and O–H groups in total. The lowest BCUT2D eigenvalue weighted by Crippen LogP contribution is -2.62. The van der Waals surface area contributed by atoms with Gasteiger partial charge in [-0.2, -0.15) is 0 Å². The second-order valence-electron chi connectivity index (χ2n) is 24.9. The average Bonchev–Trinajstić information content (AvgIpc) is 3.40. The van der Waals surface area contributed by atoms with Gasteiger partial charge in [-0.3, -0.25) is 0 Å². The predicted octanol–water partition coefficient (Wildman–Crippen LogP) is 4.84. The predicted molar refractivity (Wildman–Crippen MR) is 277 cm³/mol. The number of rotatable bonds is 17. The summed E-state index contributed by atoms with van der Waals surface area (Å²) >= 11 is 0. The number of aliphatic hydroxyl groups excluding tert-OH is 6. The highest BCUT2D eigenvalue weighted by Gasteiger charge is 2.55. The van der Waals surface area contributed by atoms with Crippen LogP contribution in [0.1, 0.15) is 124 Å². The summed E-state index contributed by atoms with van der Waals surface area (Å²) < 4.78 is 85.2. The van der Waals surface area contributed by atoms with E-state index in [0.29, 0.717) is 11.8 Å². The summed E-state index contributed by atoms with van der Waals surface area (Å²) in [6.07, 6.45) is -12.1. The third kappa shape index (κ3) is 12.7. The van der Waals surface area contributed by atoms with Gasteiger partial charge in [-0.25, -0.2) is 0 Å². The molecule has 0 spiro atoms. The van der Waals surface area contributed by atoms with E-state index >= 15 is 0 Å². The van der Waals surface area contributed by atoms with Crippen LogP contribution in [-0.4, -0.2) is 192 Å². The Bertz CT molecular complexity index is 1760. The molecule has 0 bridgehead atoms. The van der Waals surface area contributed by atoms with Crippen LogP contribution in [0.15, 0.2) is 0 Å². The number of ether oxygens (including phenoxy) is 13. The van der Waals surface area contributed by atoms with E-state index in [4.69, 9.17) is 61.6 Å². The van der Waals surface area contributed by atoms with Gasteiger partial charge < -0.3 is 92.2 Å². The molecule has 7 fully saturated rings. The van der Waals surface area contributed by atoms with Crippen LogP contribution >= 0.6 is 0 Å². The SMILES string of the molecule is CCC1O[C@@H](C)C(C)[C@@H](C)[C@H]1O[C@H]1O[C@@H](C)[C@@H](O[C@H]2O[C@H](CO)[C@@H](O[C@@H]3OC(C)[C@H](O[C@@H]4OC(CO)[C@H](O[C@@H]5OC(CO)[C@H](O[C@@H]6OC(CO)[C@H](O)[C@H](C)C6C)[C@H](C)C5C)[C@H](C)C4C)[C@H](C)C3C)C(O)C2C)C(C)C1C. The minimum atomic E-state index is -1.06. The zero-order valence-electron chi connectivity index (χ0n) is 48.7. The van der Waals surface area contributed by atoms with Crippen LogP contribution in [0.4, 0.5) is 0 Å². The summed E-state index contributed by atoms with van der Waals surface area (Å²) in [6, 6.07) is 0. The molecule has 7 aliphatic rings. The Kier molecular flexibility index (Phi) is 22.0. The van der Waals surface area contributed by atoms with E-state index in [0.717, 1.165) is 6.42 Å². The first-order chi connectivity index (χ1) is 35.9. The fraction of sp³-hybridized carbons (Fsp3) is 1.00. The first kappa shape index (κ1) is 62.8. The fourth-order valence-electron chi connectivity index (χ4n) is 13.2. The third-order valence-corrected chi connectivity index (χ3v) is 20.3. The van der Waals surface area contributed by atoms with Crippen molar-refractivity contribution in [1.29, 1.82) is 0 Å². The van der Waals surface area contributed by atoms with Crippen molar-refractivity contribution in [3.63, 3.8) is 0 Å². The van der Waals surface area contributed by atoms with E-state index in [2.05, 4.69) is 48.5 Å². The molecule has 0 amide bonds. The molecule has 0 aromatic carbocycles.